The fraction of sp³-hybridized carbons (Fsp3) is 0.500. The molecule has 0 fully saturated rings. The number of allylic oxidation sites excluding steroid dienone is 1. The number of hydrogen-bond acceptors (Lipinski definition) is 5. The lowest BCUT2D eigenvalue weighted by molar-refractivity contribution is -0.138. The van der Waals surface area contributed by atoms with Gasteiger partial charge in [-0.1, -0.05) is 0 Å². The van der Waals surface area contributed by atoms with E-state index in [4.69, 9.17) is 5.11 Å². The van der Waals surface area contributed by atoms with Gasteiger partial charge in [-0.15, -0.1) is 0 Å². The second kappa shape index (κ2) is 7.44. The van der Waals surface area contributed by atoms with Crippen LogP contribution in [-0.4, -0.2) is 41.5 Å². The minimum Gasteiger partial charge on any atom is -0.512 e. The summed E-state index contributed by atoms with van der Waals surface area (Å²) in [6.07, 6.45) is 0.993. The van der Waals surface area contributed by atoms with Gasteiger partial charge in [-0.25, -0.2) is 4.79 Å². The molecule has 0 aromatic rings. The molecule has 0 aliphatic heterocycles. The SMILES string of the molecule is CCOC(=O)/C(C=NCCC(=O)O)=C(\C)O. The van der Waals surface area contributed by atoms with Crippen molar-refractivity contribution >= 4 is 18.2 Å². The lowest BCUT2D eigenvalue weighted by Crippen LogP contribution is -2.11. The Balaban J connectivity index is 4.42. The molecular weight excluding hydrogens is 214 g/mol. The van der Waals surface area contributed by atoms with Gasteiger partial charge in [0.2, 0.25) is 0 Å². The zero-order valence-electron chi connectivity index (χ0n) is 9.27. The Hall–Kier alpha value is -1.85. The number of carbonyl (C=O) groups is 2. The molecule has 0 aromatic carbocycles. The summed E-state index contributed by atoms with van der Waals surface area (Å²) in [5, 5.41) is 17.5. The summed E-state index contributed by atoms with van der Waals surface area (Å²) in [5.41, 5.74) is -0.0627. The highest BCUT2D eigenvalue weighted by Crippen LogP contribution is 2.01. The lowest BCUT2D eigenvalue weighted by atomic mass is 10.2. The molecule has 0 spiro atoms. The molecule has 0 aromatic heterocycles. The van der Waals surface area contributed by atoms with E-state index in [0.29, 0.717) is 0 Å². The Morgan fingerprint density at radius 1 is 1.38 bits per heavy atom. The van der Waals surface area contributed by atoms with Gasteiger partial charge in [0.05, 0.1) is 13.0 Å². The van der Waals surface area contributed by atoms with E-state index in [9.17, 15) is 14.7 Å². The van der Waals surface area contributed by atoms with Crippen molar-refractivity contribution in [2.45, 2.75) is 20.3 Å². The first-order valence-electron chi connectivity index (χ1n) is 4.77. The maximum Gasteiger partial charge on any atom is 0.343 e. The van der Waals surface area contributed by atoms with Crippen LogP contribution in [0.25, 0.3) is 0 Å². The topological polar surface area (TPSA) is 96.2 Å². The van der Waals surface area contributed by atoms with Gasteiger partial charge in [-0.05, 0) is 13.8 Å². The highest BCUT2D eigenvalue weighted by atomic mass is 16.5. The summed E-state index contributed by atoms with van der Waals surface area (Å²) >= 11 is 0. The molecule has 16 heavy (non-hydrogen) atoms. The number of carboxylic acids is 1. The third kappa shape index (κ3) is 5.79. The zero-order valence-corrected chi connectivity index (χ0v) is 9.27. The molecule has 90 valence electrons. The maximum atomic E-state index is 11.3. The molecule has 0 amide bonds. The molecule has 0 radical (unpaired) electrons. The van der Waals surface area contributed by atoms with Crippen molar-refractivity contribution in [2.24, 2.45) is 4.99 Å². The Morgan fingerprint density at radius 3 is 2.44 bits per heavy atom. The van der Waals surface area contributed by atoms with Crippen LogP contribution in [0.1, 0.15) is 20.3 Å². The van der Waals surface area contributed by atoms with Crippen molar-refractivity contribution in [3.63, 3.8) is 0 Å². The van der Waals surface area contributed by atoms with Crippen molar-refractivity contribution in [3.8, 4) is 0 Å². The maximum absolute atomic E-state index is 11.3. The van der Waals surface area contributed by atoms with Crippen LogP contribution in [0.5, 0.6) is 0 Å². The van der Waals surface area contributed by atoms with Gasteiger partial charge in [0.15, 0.2) is 0 Å². The van der Waals surface area contributed by atoms with Gasteiger partial charge in [0.1, 0.15) is 11.3 Å². The number of carbonyl (C=O) groups excluding carboxylic acids is 1. The van der Waals surface area contributed by atoms with Crippen molar-refractivity contribution in [2.75, 3.05) is 13.2 Å². The monoisotopic (exact) mass is 229 g/mol. The standard InChI is InChI=1S/C10H15NO5/c1-3-16-10(15)8(7(2)12)6-11-5-4-9(13)14/h6,12H,3-5H2,1-2H3,(H,13,14)/b8-7+,11-6?. The number of aliphatic hydroxyl groups excluding tert-OH is 1. The highest BCUT2D eigenvalue weighted by Gasteiger charge is 2.11. The molecule has 0 aliphatic carbocycles. The van der Waals surface area contributed by atoms with E-state index in [1.54, 1.807) is 6.92 Å². The average Bonchev–Trinajstić information content (AvgIpc) is 2.16. The van der Waals surface area contributed by atoms with Gasteiger partial charge in [-0.3, -0.25) is 9.79 Å². The number of carboxylic acid groups (broad SMARTS) is 1. The van der Waals surface area contributed by atoms with E-state index in [2.05, 4.69) is 9.73 Å². The summed E-state index contributed by atoms with van der Waals surface area (Å²) in [7, 11) is 0. The Bertz CT molecular complexity index is 315. The van der Waals surface area contributed by atoms with E-state index >= 15 is 0 Å². The Morgan fingerprint density at radius 2 is 2.00 bits per heavy atom. The number of hydrogen-bond donors (Lipinski definition) is 2. The average molecular weight is 229 g/mol. The van der Waals surface area contributed by atoms with E-state index < -0.39 is 11.9 Å². The molecule has 0 aliphatic rings. The zero-order chi connectivity index (χ0) is 12.6. The van der Waals surface area contributed by atoms with Crippen LogP contribution in [0.2, 0.25) is 0 Å². The van der Waals surface area contributed by atoms with E-state index in [1.165, 1.54) is 6.92 Å². The number of rotatable bonds is 6. The van der Waals surface area contributed by atoms with Crippen molar-refractivity contribution in [3.05, 3.63) is 11.3 Å². The first kappa shape index (κ1) is 14.2. The van der Waals surface area contributed by atoms with Crippen LogP contribution in [0, 0.1) is 0 Å². The largest absolute Gasteiger partial charge is 0.512 e. The van der Waals surface area contributed by atoms with Gasteiger partial charge < -0.3 is 14.9 Å². The Kier molecular flexibility index (Phi) is 6.58. The fourth-order valence-corrected chi connectivity index (χ4v) is 0.819. The fourth-order valence-electron chi connectivity index (χ4n) is 0.819. The molecule has 0 heterocycles. The van der Waals surface area contributed by atoms with Crippen molar-refractivity contribution in [1.29, 1.82) is 0 Å². The summed E-state index contributed by atoms with van der Waals surface area (Å²) in [5.74, 6) is -1.86. The summed E-state index contributed by atoms with van der Waals surface area (Å²) in [6, 6.07) is 0. The Labute approximate surface area is 93.3 Å². The molecule has 0 atom stereocenters. The second-order valence-corrected chi connectivity index (χ2v) is 2.90. The lowest BCUT2D eigenvalue weighted by Gasteiger charge is -2.02. The van der Waals surface area contributed by atoms with Gasteiger partial charge >= 0.3 is 11.9 Å². The van der Waals surface area contributed by atoms with Crippen LogP contribution in [0.15, 0.2) is 16.3 Å². The predicted octanol–water partition coefficient (Wildman–Crippen LogP) is 0.927. The molecule has 0 saturated heterocycles. The summed E-state index contributed by atoms with van der Waals surface area (Å²) < 4.78 is 4.68. The van der Waals surface area contributed by atoms with Crippen molar-refractivity contribution in [1.82, 2.24) is 0 Å². The third-order valence-corrected chi connectivity index (χ3v) is 1.56. The molecule has 0 saturated carbocycles. The summed E-state index contributed by atoms with van der Waals surface area (Å²) in [4.78, 5) is 25.2. The molecule has 0 unspecified atom stereocenters. The quantitative estimate of drug-likeness (QED) is 0.305. The predicted molar refractivity (Wildman–Crippen MR) is 57.6 cm³/mol. The molecule has 0 bridgehead atoms. The van der Waals surface area contributed by atoms with Crippen LogP contribution >= 0.6 is 0 Å². The minimum atomic E-state index is -0.973. The number of nitrogens with zero attached hydrogens (tertiary/aromatic N) is 1. The highest BCUT2D eigenvalue weighted by molar-refractivity contribution is 6.09. The summed E-state index contributed by atoms with van der Waals surface area (Å²) in [6.45, 7) is 3.21. The second-order valence-electron chi connectivity index (χ2n) is 2.90. The van der Waals surface area contributed by atoms with Crippen LogP contribution < -0.4 is 0 Å². The number of aliphatic hydroxyl groups is 1. The number of aliphatic imine (C=N–C) groups is 1. The first-order chi connectivity index (χ1) is 7.49. The molecular formula is C10H15NO5. The number of ether oxygens (including phenoxy) is 1. The van der Waals surface area contributed by atoms with Crippen LogP contribution in [-0.2, 0) is 14.3 Å². The van der Waals surface area contributed by atoms with Crippen molar-refractivity contribution < 1.29 is 24.5 Å². The third-order valence-electron chi connectivity index (χ3n) is 1.56. The van der Waals surface area contributed by atoms with E-state index in [0.717, 1.165) is 6.21 Å². The molecule has 6 nitrogen and oxygen atoms in total. The first-order valence-corrected chi connectivity index (χ1v) is 4.77. The molecule has 6 heteroatoms. The van der Waals surface area contributed by atoms with Gasteiger partial charge in [0, 0.05) is 12.8 Å². The molecule has 0 rings (SSSR count). The van der Waals surface area contributed by atoms with Gasteiger partial charge in [-0.2, -0.15) is 0 Å². The van der Waals surface area contributed by atoms with Crippen LogP contribution in [0.3, 0.4) is 0 Å². The smallest absolute Gasteiger partial charge is 0.343 e. The van der Waals surface area contributed by atoms with Gasteiger partial charge in [0.25, 0.3) is 0 Å². The number of esters is 1. The van der Waals surface area contributed by atoms with Crippen LogP contribution in [0.4, 0.5) is 0 Å². The van der Waals surface area contributed by atoms with E-state index in [-0.39, 0.29) is 30.9 Å². The van der Waals surface area contributed by atoms with E-state index in [1.807, 2.05) is 0 Å². The molecule has 2 N–H and O–H groups in total. The normalized spacial score (nSPS) is 12.4. The minimum absolute atomic E-state index is 0.0471. The number of aliphatic carboxylic acids is 1.